The summed E-state index contributed by atoms with van der Waals surface area (Å²) >= 11 is 3.40. The van der Waals surface area contributed by atoms with Gasteiger partial charge < -0.3 is 9.30 Å². The number of aryl methyl sites for hydroxylation is 2. The van der Waals surface area contributed by atoms with Gasteiger partial charge in [-0.25, -0.2) is 10.2 Å². The van der Waals surface area contributed by atoms with Crippen LogP contribution in [0.1, 0.15) is 5.56 Å². The number of hydrazone groups is 1. The first-order chi connectivity index (χ1) is 12.3. The zero-order valence-corrected chi connectivity index (χ0v) is 16.2. The third-order valence-electron chi connectivity index (χ3n) is 4.04. The van der Waals surface area contributed by atoms with E-state index in [1.165, 1.54) is 11.6 Å². The zero-order chi connectivity index (χ0) is 19.0. The van der Waals surface area contributed by atoms with Gasteiger partial charge in [0.25, 0.3) is 5.56 Å². The summed E-state index contributed by atoms with van der Waals surface area (Å²) in [7, 11) is 6.26. The summed E-state index contributed by atoms with van der Waals surface area (Å²) in [6.07, 6.45) is 1.58. The molecule has 1 aromatic carbocycles. The summed E-state index contributed by atoms with van der Waals surface area (Å²) in [5.74, 6) is 1.00. The van der Waals surface area contributed by atoms with E-state index in [-0.39, 0.29) is 0 Å². The highest BCUT2D eigenvalue weighted by Crippen LogP contribution is 2.21. The van der Waals surface area contributed by atoms with E-state index in [0.717, 1.165) is 14.6 Å². The van der Waals surface area contributed by atoms with Crippen LogP contribution >= 0.6 is 15.9 Å². The summed E-state index contributed by atoms with van der Waals surface area (Å²) in [5.41, 5.74) is 3.32. The smallest absolute Gasteiger partial charge is 0.332 e. The molecule has 136 valence electrons. The summed E-state index contributed by atoms with van der Waals surface area (Å²) in [6.45, 7) is 0. The van der Waals surface area contributed by atoms with Gasteiger partial charge >= 0.3 is 5.69 Å². The van der Waals surface area contributed by atoms with Crippen molar-refractivity contribution in [2.24, 2.45) is 26.2 Å². The van der Waals surface area contributed by atoms with Gasteiger partial charge in [0.05, 0.1) is 13.3 Å². The minimum absolute atomic E-state index is 0.290. The minimum Gasteiger partial charge on any atom is -0.496 e. The van der Waals surface area contributed by atoms with Crippen LogP contribution in [0.25, 0.3) is 11.2 Å². The van der Waals surface area contributed by atoms with Crippen molar-refractivity contribution in [2.75, 3.05) is 12.5 Å². The van der Waals surface area contributed by atoms with Gasteiger partial charge in [0.1, 0.15) is 5.75 Å². The first-order valence-electron chi connectivity index (χ1n) is 7.60. The summed E-state index contributed by atoms with van der Waals surface area (Å²) in [4.78, 5) is 28.7. The van der Waals surface area contributed by atoms with Crippen LogP contribution in [0.5, 0.6) is 5.75 Å². The van der Waals surface area contributed by atoms with Crippen molar-refractivity contribution >= 4 is 39.3 Å². The molecule has 3 rings (SSSR count). The lowest BCUT2D eigenvalue weighted by Crippen LogP contribution is -2.37. The van der Waals surface area contributed by atoms with Crippen LogP contribution in [0.2, 0.25) is 0 Å². The maximum atomic E-state index is 12.4. The molecule has 0 aliphatic heterocycles. The molecule has 0 saturated carbocycles. The lowest BCUT2D eigenvalue weighted by molar-refractivity contribution is 0.414. The van der Waals surface area contributed by atoms with E-state index < -0.39 is 11.2 Å². The average Bonchev–Trinajstić information content (AvgIpc) is 2.95. The molecule has 0 bridgehead atoms. The van der Waals surface area contributed by atoms with Gasteiger partial charge in [-0.05, 0) is 18.2 Å². The molecule has 3 aromatic rings. The molecule has 0 amide bonds. The van der Waals surface area contributed by atoms with E-state index >= 15 is 0 Å². The molecule has 0 saturated heterocycles. The quantitative estimate of drug-likeness (QED) is 0.505. The highest BCUT2D eigenvalue weighted by molar-refractivity contribution is 9.10. The Labute approximate surface area is 156 Å². The van der Waals surface area contributed by atoms with E-state index in [4.69, 9.17) is 4.74 Å². The van der Waals surface area contributed by atoms with E-state index in [9.17, 15) is 9.59 Å². The van der Waals surface area contributed by atoms with Gasteiger partial charge in [0.15, 0.2) is 11.2 Å². The number of rotatable bonds is 4. The molecule has 1 N–H and O–H groups in total. The van der Waals surface area contributed by atoms with E-state index in [1.54, 1.807) is 32.0 Å². The van der Waals surface area contributed by atoms with Gasteiger partial charge in [-0.3, -0.25) is 13.9 Å². The monoisotopic (exact) mass is 420 g/mol. The Morgan fingerprint density at radius 3 is 2.62 bits per heavy atom. The molecule has 10 heteroatoms. The molecule has 0 atom stereocenters. The fourth-order valence-electron chi connectivity index (χ4n) is 2.58. The molecule has 26 heavy (non-hydrogen) atoms. The highest BCUT2D eigenvalue weighted by Gasteiger charge is 2.16. The third-order valence-corrected chi connectivity index (χ3v) is 4.53. The molecule has 9 nitrogen and oxygen atoms in total. The number of hydrogen-bond donors (Lipinski definition) is 1. The summed E-state index contributed by atoms with van der Waals surface area (Å²) in [5, 5.41) is 4.17. The number of methoxy groups -OCH3 is 1. The Balaban J connectivity index is 2.01. The highest BCUT2D eigenvalue weighted by atomic mass is 79.9. The molecule has 0 aliphatic carbocycles. The second-order valence-electron chi connectivity index (χ2n) is 5.63. The Hall–Kier alpha value is -2.88. The van der Waals surface area contributed by atoms with Crippen molar-refractivity contribution in [3.63, 3.8) is 0 Å². The molecule has 0 fully saturated rings. The van der Waals surface area contributed by atoms with E-state index in [1.807, 2.05) is 18.2 Å². The van der Waals surface area contributed by atoms with Crippen LogP contribution in [0.3, 0.4) is 0 Å². The van der Waals surface area contributed by atoms with Crippen LogP contribution in [0.15, 0.2) is 37.4 Å². The first kappa shape index (κ1) is 17.9. The SMILES string of the molecule is COc1ccc(Br)cc1/C=N/Nc1nc2c(c(=O)n(C)c(=O)n2C)n1C. The molecular formula is C16H17BrN6O3. The normalized spacial score (nSPS) is 11.4. The Bertz CT molecular complexity index is 1140. The number of hydrogen-bond acceptors (Lipinski definition) is 6. The van der Waals surface area contributed by atoms with Gasteiger partial charge in [0, 0.05) is 31.2 Å². The van der Waals surface area contributed by atoms with Crippen LogP contribution in [0.4, 0.5) is 5.95 Å². The molecule has 0 spiro atoms. The van der Waals surface area contributed by atoms with Crippen LogP contribution in [-0.2, 0) is 21.1 Å². The van der Waals surface area contributed by atoms with Crippen molar-refractivity contribution in [3.8, 4) is 5.75 Å². The number of ether oxygens (including phenoxy) is 1. The molecular weight excluding hydrogens is 404 g/mol. The molecule has 0 radical (unpaired) electrons. The predicted octanol–water partition coefficient (Wildman–Crippen LogP) is 1.19. The largest absolute Gasteiger partial charge is 0.496 e. The lowest BCUT2D eigenvalue weighted by atomic mass is 10.2. The van der Waals surface area contributed by atoms with Crippen LogP contribution < -0.4 is 21.4 Å². The second-order valence-corrected chi connectivity index (χ2v) is 6.54. The van der Waals surface area contributed by atoms with E-state index in [0.29, 0.717) is 22.9 Å². The van der Waals surface area contributed by atoms with Crippen molar-refractivity contribution in [3.05, 3.63) is 49.1 Å². The standard InChI is InChI=1S/C16H17BrN6O3/c1-21-12-13(22(2)16(25)23(3)14(12)24)19-15(21)20-18-8-9-7-10(17)5-6-11(9)26-4/h5-8H,1-4H3,(H,19,20)/b18-8+. The minimum atomic E-state index is -0.436. The maximum absolute atomic E-state index is 12.4. The average molecular weight is 421 g/mol. The first-order valence-corrected chi connectivity index (χ1v) is 8.39. The lowest BCUT2D eigenvalue weighted by Gasteiger charge is -2.05. The Morgan fingerprint density at radius 2 is 1.92 bits per heavy atom. The van der Waals surface area contributed by atoms with Gasteiger partial charge in [-0.1, -0.05) is 15.9 Å². The molecule has 2 heterocycles. The zero-order valence-electron chi connectivity index (χ0n) is 14.6. The number of anilines is 1. The Morgan fingerprint density at radius 1 is 1.19 bits per heavy atom. The number of aromatic nitrogens is 4. The second kappa shape index (κ2) is 6.79. The molecule has 0 unspecified atom stereocenters. The van der Waals surface area contributed by atoms with Crippen LogP contribution in [-0.4, -0.2) is 32.0 Å². The maximum Gasteiger partial charge on any atom is 0.332 e. The molecule has 2 aromatic heterocycles. The van der Waals surface area contributed by atoms with Crippen molar-refractivity contribution in [2.45, 2.75) is 0 Å². The third kappa shape index (κ3) is 2.92. The van der Waals surface area contributed by atoms with E-state index in [2.05, 4.69) is 31.4 Å². The summed E-state index contributed by atoms with van der Waals surface area (Å²) in [6, 6.07) is 5.55. The van der Waals surface area contributed by atoms with Gasteiger partial charge in [-0.2, -0.15) is 10.1 Å². The number of nitrogens with zero attached hydrogens (tertiary/aromatic N) is 5. The fourth-order valence-corrected chi connectivity index (χ4v) is 2.96. The van der Waals surface area contributed by atoms with Gasteiger partial charge in [0.2, 0.25) is 5.95 Å². The number of fused-ring (bicyclic) bond motifs is 1. The predicted molar refractivity (Wildman–Crippen MR) is 103 cm³/mol. The molecule has 0 aliphatic rings. The van der Waals surface area contributed by atoms with Crippen molar-refractivity contribution in [1.82, 2.24) is 18.7 Å². The number of nitrogens with one attached hydrogen (secondary N) is 1. The van der Waals surface area contributed by atoms with Crippen molar-refractivity contribution in [1.29, 1.82) is 0 Å². The van der Waals surface area contributed by atoms with Crippen molar-refractivity contribution < 1.29 is 4.74 Å². The number of imidazole rings is 1. The van der Waals surface area contributed by atoms with Gasteiger partial charge in [-0.15, -0.1) is 0 Å². The number of benzene rings is 1. The topological polar surface area (TPSA) is 95.4 Å². The fraction of sp³-hybridized carbons (Fsp3) is 0.250. The van der Waals surface area contributed by atoms with Crippen LogP contribution in [0, 0.1) is 0 Å². The number of halogens is 1. The summed E-state index contributed by atoms with van der Waals surface area (Å²) < 4.78 is 10.1. The Kier molecular flexibility index (Phi) is 4.68.